The molecule has 0 radical (unpaired) electrons. The maximum atomic E-state index is 10.3. The van der Waals surface area contributed by atoms with Crippen molar-refractivity contribution in [2.75, 3.05) is 26.2 Å². The first kappa shape index (κ1) is 19.0. The molecule has 1 aliphatic heterocycles. The standard InChI is InChI=1S/C15H21BrN2O.2ClH/c16-12-3-4-13(15(19)10-12)14(9-11-1-2-11)18-7-5-17-6-8-18;;/h3-4,10-11,14,17,19H,1-2,5-9H2;2*1H/t14-;;/m1../s1. The third-order valence-electron chi connectivity index (χ3n) is 4.20. The summed E-state index contributed by atoms with van der Waals surface area (Å²) >= 11 is 3.42. The highest BCUT2D eigenvalue weighted by Crippen LogP contribution is 2.42. The molecule has 1 atom stereocenters. The van der Waals surface area contributed by atoms with E-state index < -0.39 is 0 Å². The van der Waals surface area contributed by atoms with E-state index in [0.717, 1.165) is 42.1 Å². The Bertz CT molecular complexity index is 451. The number of aromatic hydroxyl groups is 1. The van der Waals surface area contributed by atoms with Gasteiger partial charge in [0.25, 0.3) is 0 Å². The number of nitrogens with one attached hydrogen (secondary N) is 1. The lowest BCUT2D eigenvalue weighted by Crippen LogP contribution is -2.45. The number of benzene rings is 1. The summed E-state index contributed by atoms with van der Waals surface area (Å²) in [7, 11) is 0. The van der Waals surface area contributed by atoms with Gasteiger partial charge in [-0.3, -0.25) is 4.90 Å². The molecule has 1 saturated heterocycles. The summed E-state index contributed by atoms with van der Waals surface area (Å²) in [5.41, 5.74) is 1.09. The predicted molar refractivity (Wildman–Crippen MR) is 94.8 cm³/mol. The Hall–Kier alpha value is -0.0000000000000000971. The first-order valence-corrected chi connectivity index (χ1v) is 7.96. The number of hydrogen-bond acceptors (Lipinski definition) is 3. The maximum absolute atomic E-state index is 10.3. The largest absolute Gasteiger partial charge is 0.508 e. The number of rotatable bonds is 4. The summed E-state index contributed by atoms with van der Waals surface area (Å²) in [5, 5.41) is 13.7. The van der Waals surface area contributed by atoms with Crippen LogP contribution in [0.1, 0.15) is 30.9 Å². The first-order valence-electron chi connectivity index (χ1n) is 7.17. The van der Waals surface area contributed by atoms with Gasteiger partial charge in [0.1, 0.15) is 5.75 Å². The molecule has 21 heavy (non-hydrogen) atoms. The van der Waals surface area contributed by atoms with Crippen molar-refractivity contribution in [3.05, 3.63) is 28.2 Å². The van der Waals surface area contributed by atoms with Gasteiger partial charge in [0, 0.05) is 42.3 Å². The van der Waals surface area contributed by atoms with Crippen LogP contribution in [-0.4, -0.2) is 36.2 Å². The number of phenolic OH excluding ortho intramolecular Hbond substituents is 1. The van der Waals surface area contributed by atoms with E-state index >= 15 is 0 Å². The Morgan fingerprint density at radius 2 is 1.90 bits per heavy atom. The van der Waals surface area contributed by atoms with E-state index in [4.69, 9.17) is 0 Å². The normalized spacial score (nSPS) is 20.2. The van der Waals surface area contributed by atoms with Crippen molar-refractivity contribution < 1.29 is 5.11 Å². The lowest BCUT2D eigenvalue weighted by Gasteiger charge is -2.35. The molecule has 3 rings (SSSR count). The number of piperazine rings is 1. The summed E-state index contributed by atoms with van der Waals surface area (Å²) < 4.78 is 0.944. The molecule has 1 heterocycles. The van der Waals surface area contributed by atoms with Crippen molar-refractivity contribution in [2.45, 2.75) is 25.3 Å². The maximum Gasteiger partial charge on any atom is 0.121 e. The van der Waals surface area contributed by atoms with Crippen molar-refractivity contribution in [3.8, 4) is 5.75 Å². The Labute approximate surface area is 147 Å². The van der Waals surface area contributed by atoms with Crippen LogP contribution in [-0.2, 0) is 0 Å². The fraction of sp³-hybridized carbons (Fsp3) is 0.600. The second-order valence-corrected chi connectivity index (χ2v) is 6.60. The van der Waals surface area contributed by atoms with Gasteiger partial charge in [-0.15, -0.1) is 24.8 Å². The van der Waals surface area contributed by atoms with E-state index in [1.165, 1.54) is 19.3 Å². The van der Waals surface area contributed by atoms with E-state index in [2.05, 4.69) is 32.2 Å². The third-order valence-corrected chi connectivity index (χ3v) is 4.69. The lowest BCUT2D eigenvalue weighted by molar-refractivity contribution is 0.158. The van der Waals surface area contributed by atoms with Crippen molar-refractivity contribution in [3.63, 3.8) is 0 Å². The molecule has 1 saturated carbocycles. The molecule has 2 N–H and O–H groups in total. The SMILES string of the molecule is Cl.Cl.Oc1cc(Br)ccc1[C@@H](CC1CC1)N1CCNCC1. The quantitative estimate of drug-likeness (QED) is 0.812. The fourth-order valence-electron chi connectivity index (χ4n) is 2.93. The zero-order valence-electron chi connectivity index (χ0n) is 11.9. The summed E-state index contributed by atoms with van der Waals surface area (Å²) in [4.78, 5) is 2.53. The Kier molecular flexibility index (Phi) is 7.79. The second kappa shape index (κ2) is 8.59. The number of halogens is 3. The van der Waals surface area contributed by atoms with Gasteiger partial charge in [-0.1, -0.05) is 34.8 Å². The molecular formula is C15H23BrCl2N2O. The van der Waals surface area contributed by atoms with Crippen LogP contribution in [0.5, 0.6) is 5.75 Å². The van der Waals surface area contributed by atoms with Gasteiger partial charge in [0.15, 0.2) is 0 Å². The van der Waals surface area contributed by atoms with Gasteiger partial charge < -0.3 is 10.4 Å². The van der Waals surface area contributed by atoms with Crippen molar-refractivity contribution in [1.82, 2.24) is 10.2 Å². The molecule has 120 valence electrons. The molecule has 0 aromatic heterocycles. The van der Waals surface area contributed by atoms with Gasteiger partial charge in [-0.2, -0.15) is 0 Å². The van der Waals surface area contributed by atoms with Gasteiger partial charge in [0.2, 0.25) is 0 Å². The fourth-order valence-corrected chi connectivity index (χ4v) is 3.28. The van der Waals surface area contributed by atoms with Gasteiger partial charge >= 0.3 is 0 Å². The molecule has 3 nitrogen and oxygen atoms in total. The molecule has 0 spiro atoms. The zero-order chi connectivity index (χ0) is 13.2. The topological polar surface area (TPSA) is 35.5 Å². The first-order chi connectivity index (χ1) is 9.24. The smallest absolute Gasteiger partial charge is 0.121 e. The van der Waals surface area contributed by atoms with E-state index in [9.17, 15) is 5.11 Å². The predicted octanol–water partition coefficient (Wildman–Crippen LogP) is 3.74. The number of nitrogens with zero attached hydrogens (tertiary/aromatic N) is 1. The Morgan fingerprint density at radius 1 is 1.24 bits per heavy atom. The van der Waals surface area contributed by atoms with Crippen molar-refractivity contribution in [1.29, 1.82) is 0 Å². The van der Waals surface area contributed by atoms with E-state index in [1.54, 1.807) is 0 Å². The van der Waals surface area contributed by atoms with Crippen LogP contribution in [0.3, 0.4) is 0 Å². The molecule has 1 aliphatic carbocycles. The highest BCUT2D eigenvalue weighted by Gasteiger charge is 2.31. The monoisotopic (exact) mass is 396 g/mol. The molecule has 2 aliphatic rings. The molecule has 0 bridgehead atoms. The van der Waals surface area contributed by atoms with Crippen LogP contribution >= 0.6 is 40.7 Å². The average molecular weight is 398 g/mol. The average Bonchev–Trinajstić information content (AvgIpc) is 3.22. The number of hydrogen-bond donors (Lipinski definition) is 2. The molecular weight excluding hydrogens is 375 g/mol. The second-order valence-electron chi connectivity index (χ2n) is 5.68. The molecule has 2 fully saturated rings. The van der Waals surface area contributed by atoms with Crippen LogP contribution in [0.4, 0.5) is 0 Å². The van der Waals surface area contributed by atoms with Gasteiger partial charge in [-0.25, -0.2) is 0 Å². The molecule has 0 amide bonds. The van der Waals surface area contributed by atoms with Crippen LogP contribution < -0.4 is 5.32 Å². The third kappa shape index (κ3) is 5.00. The number of phenols is 1. The van der Waals surface area contributed by atoms with E-state index in [1.807, 2.05) is 12.1 Å². The van der Waals surface area contributed by atoms with Crippen molar-refractivity contribution >= 4 is 40.7 Å². The summed E-state index contributed by atoms with van der Waals surface area (Å²) in [5.74, 6) is 1.29. The molecule has 1 aromatic carbocycles. The van der Waals surface area contributed by atoms with E-state index in [0.29, 0.717) is 11.8 Å². The zero-order valence-corrected chi connectivity index (χ0v) is 15.1. The highest BCUT2D eigenvalue weighted by molar-refractivity contribution is 9.10. The van der Waals surface area contributed by atoms with Crippen LogP contribution in [0.15, 0.2) is 22.7 Å². The molecule has 6 heteroatoms. The van der Waals surface area contributed by atoms with Crippen LogP contribution in [0.25, 0.3) is 0 Å². The lowest BCUT2D eigenvalue weighted by atomic mass is 9.98. The van der Waals surface area contributed by atoms with E-state index in [-0.39, 0.29) is 24.8 Å². The summed E-state index contributed by atoms with van der Waals surface area (Å²) in [6.07, 6.45) is 3.91. The minimum Gasteiger partial charge on any atom is -0.508 e. The molecule has 0 unspecified atom stereocenters. The van der Waals surface area contributed by atoms with Gasteiger partial charge in [-0.05, 0) is 24.5 Å². The molecule has 1 aromatic rings. The van der Waals surface area contributed by atoms with Crippen LogP contribution in [0, 0.1) is 5.92 Å². The Morgan fingerprint density at radius 3 is 2.48 bits per heavy atom. The minimum absolute atomic E-state index is 0. The Balaban J connectivity index is 0.00000110. The van der Waals surface area contributed by atoms with Crippen LogP contribution in [0.2, 0.25) is 0 Å². The van der Waals surface area contributed by atoms with Gasteiger partial charge in [0.05, 0.1) is 0 Å². The summed E-state index contributed by atoms with van der Waals surface area (Å²) in [6, 6.07) is 6.31. The van der Waals surface area contributed by atoms with Crippen molar-refractivity contribution in [2.24, 2.45) is 5.92 Å². The minimum atomic E-state index is 0. The highest BCUT2D eigenvalue weighted by atomic mass is 79.9. The summed E-state index contributed by atoms with van der Waals surface area (Å²) in [6.45, 7) is 4.26.